The van der Waals surface area contributed by atoms with Gasteiger partial charge < -0.3 is 10.1 Å². The number of ketones is 1. The molecule has 22 heavy (non-hydrogen) atoms. The number of fused-ring (bicyclic) bond motifs is 1. The molecule has 0 aliphatic carbocycles. The average Bonchev–Trinajstić information content (AvgIpc) is 2.97. The molecule has 0 atom stereocenters. The van der Waals surface area contributed by atoms with E-state index in [9.17, 15) is 9.59 Å². The summed E-state index contributed by atoms with van der Waals surface area (Å²) in [7, 11) is 1.39. The predicted octanol–water partition coefficient (Wildman–Crippen LogP) is 2.30. The third kappa shape index (κ3) is 2.39. The van der Waals surface area contributed by atoms with Gasteiger partial charge in [0.05, 0.1) is 11.0 Å². The third-order valence-corrected chi connectivity index (χ3v) is 3.23. The molecule has 0 spiro atoms. The lowest BCUT2D eigenvalue weighted by Gasteiger charge is -2.07. The molecule has 0 aliphatic rings. The van der Waals surface area contributed by atoms with Gasteiger partial charge in [-0.3, -0.25) is 14.7 Å². The van der Waals surface area contributed by atoms with Gasteiger partial charge in [0.1, 0.15) is 5.69 Å². The first-order valence-electron chi connectivity index (χ1n) is 6.48. The molecule has 0 fully saturated rings. The third-order valence-electron chi connectivity index (χ3n) is 3.23. The monoisotopic (exact) mass is 296 g/mol. The highest BCUT2D eigenvalue weighted by Crippen LogP contribution is 2.19. The summed E-state index contributed by atoms with van der Waals surface area (Å²) in [5.41, 5.74) is 1.98. The number of aromatic nitrogens is 3. The first-order valence-corrected chi connectivity index (χ1v) is 6.48. The largest absolute Gasteiger partial charge is 0.465 e. The molecule has 1 amide bonds. The maximum Gasteiger partial charge on any atom is 0.413 e. The molecular formula is C15H12N4O3. The Kier molecular flexibility index (Phi) is 3.30. The summed E-state index contributed by atoms with van der Waals surface area (Å²) in [5, 5.41) is 8.96. The number of anilines is 1. The van der Waals surface area contributed by atoms with Crippen molar-refractivity contribution < 1.29 is 14.7 Å². The van der Waals surface area contributed by atoms with Gasteiger partial charge in [0.25, 0.3) is 0 Å². The van der Waals surface area contributed by atoms with Crippen LogP contribution < -0.4 is 4.90 Å². The summed E-state index contributed by atoms with van der Waals surface area (Å²) in [4.78, 5) is 35.3. The number of aromatic amines is 1. The Bertz CT molecular complexity index is 858. The molecule has 3 aromatic rings. The molecule has 2 N–H and O–H groups in total. The normalized spacial score (nSPS) is 10.6. The van der Waals surface area contributed by atoms with E-state index in [1.165, 1.54) is 7.05 Å². The van der Waals surface area contributed by atoms with Gasteiger partial charge in [0.2, 0.25) is 11.7 Å². The lowest BCUT2D eigenvalue weighted by Crippen LogP contribution is -2.24. The van der Waals surface area contributed by atoms with Crippen LogP contribution in [0, 0.1) is 0 Å². The van der Waals surface area contributed by atoms with Gasteiger partial charge in [-0.1, -0.05) is 6.07 Å². The van der Waals surface area contributed by atoms with Crippen LogP contribution in [0.25, 0.3) is 11.0 Å². The molecule has 0 radical (unpaired) electrons. The van der Waals surface area contributed by atoms with E-state index < -0.39 is 6.09 Å². The zero-order valence-electron chi connectivity index (χ0n) is 11.6. The fourth-order valence-electron chi connectivity index (χ4n) is 2.03. The molecule has 7 heteroatoms. The fourth-order valence-corrected chi connectivity index (χ4v) is 2.03. The van der Waals surface area contributed by atoms with E-state index in [1.807, 2.05) is 0 Å². The van der Waals surface area contributed by atoms with Crippen molar-refractivity contribution in [3.63, 3.8) is 0 Å². The second kappa shape index (κ2) is 5.28. The van der Waals surface area contributed by atoms with Crippen LogP contribution >= 0.6 is 0 Å². The van der Waals surface area contributed by atoms with E-state index in [4.69, 9.17) is 5.11 Å². The minimum Gasteiger partial charge on any atom is -0.465 e. The number of nitrogens with one attached hydrogen (secondary N) is 1. The molecule has 0 unspecified atom stereocenters. The van der Waals surface area contributed by atoms with Crippen LogP contribution in [0.1, 0.15) is 16.1 Å². The van der Waals surface area contributed by atoms with Crippen LogP contribution in [0.15, 0.2) is 42.6 Å². The Balaban J connectivity index is 2.00. The number of H-pyrrole nitrogens is 1. The molecule has 1 aromatic carbocycles. The quantitative estimate of drug-likeness (QED) is 0.722. The summed E-state index contributed by atoms with van der Waals surface area (Å²) in [6.45, 7) is 0. The molecule has 0 saturated heterocycles. The van der Waals surface area contributed by atoms with Gasteiger partial charge in [0, 0.05) is 18.8 Å². The fraction of sp³-hybridized carbons (Fsp3) is 0.0667. The van der Waals surface area contributed by atoms with Crippen LogP contribution in [0.3, 0.4) is 0 Å². The van der Waals surface area contributed by atoms with E-state index in [0.717, 1.165) is 4.90 Å². The van der Waals surface area contributed by atoms with Gasteiger partial charge in [0.15, 0.2) is 0 Å². The minimum atomic E-state index is -1.12. The maximum absolute atomic E-state index is 12.3. The number of benzene rings is 1. The first-order chi connectivity index (χ1) is 10.6. The first kappa shape index (κ1) is 13.7. The summed E-state index contributed by atoms with van der Waals surface area (Å²) >= 11 is 0. The number of amides is 1. The molecule has 7 nitrogen and oxygen atoms in total. The van der Waals surface area contributed by atoms with Crippen molar-refractivity contribution in [1.82, 2.24) is 15.0 Å². The lowest BCUT2D eigenvalue weighted by molar-refractivity contribution is 0.103. The number of pyridine rings is 1. The van der Waals surface area contributed by atoms with Gasteiger partial charge in [-0.15, -0.1) is 0 Å². The van der Waals surface area contributed by atoms with Gasteiger partial charge in [-0.05, 0) is 30.3 Å². The van der Waals surface area contributed by atoms with Crippen molar-refractivity contribution in [2.24, 2.45) is 0 Å². The summed E-state index contributed by atoms with van der Waals surface area (Å²) < 4.78 is 0. The molecule has 110 valence electrons. The summed E-state index contributed by atoms with van der Waals surface area (Å²) in [5.74, 6) is -0.00447. The van der Waals surface area contributed by atoms with E-state index >= 15 is 0 Å². The van der Waals surface area contributed by atoms with Gasteiger partial charge in [-0.25, -0.2) is 9.78 Å². The van der Waals surface area contributed by atoms with Crippen LogP contribution in [0.2, 0.25) is 0 Å². The van der Waals surface area contributed by atoms with Crippen molar-refractivity contribution in [2.75, 3.05) is 11.9 Å². The SMILES string of the molecule is CN(C(=O)O)c1nc2ccc(C(=O)c3ccccn3)cc2[nH]1. The van der Waals surface area contributed by atoms with E-state index in [0.29, 0.717) is 22.3 Å². The van der Waals surface area contributed by atoms with E-state index in [2.05, 4.69) is 15.0 Å². The number of hydrogen-bond acceptors (Lipinski definition) is 4. The molecule has 0 bridgehead atoms. The summed E-state index contributed by atoms with van der Waals surface area (Å²) in [6, 6.07) is 10.1. The van der Waals surface area contributed by atoms with Gasteiger partial charge >= 0.3 is 6.09 Å². The number of nitrogens with zero attached hydrogens (tertiary/aromatic N) is 3. The summed E-state index contributed by atoms with van der Waals surface area (Å²) in [6.07, 6.45) is 0.436. The standard InChI is InChI=1S/C15H12N4O3/c1-19(15(21)22)14-17-10-6-5-9(8-12(10)18-14)13(20)11-4-2-3-7-16-11/h2-8H,1H3,(H,17,18)(H,21,22). The van der Waals surface area contributed by atoms with Crippen molar-refractivity contribution >= 4 is 28.9 Å². The Labute approximate surface area is 125 Å². The van der Waals surface area contributed by atoms with E-state index in [1.54, 1.807) is 42.6 Å². The minimum absolute atomic E-state index is 0.199. The van der Waals surface area contributed by atoms with Crippen molar-refractivity contribution in [2.45, 2.75) is 0 Å². The highest BCUT2D eigenvalue weighted by atomic mass is 16.4. The number of imidazole rings is 1. The molecule has 3 rings (SSSR count). The zero-order chi connectivity index (χ0) is 15.7. The zero-order valence-corrected chi connectivity index (χ0v) is 11.6. The molecule has 2 aromatic heterocycles. The highest BCUT2D eigenvalue weighted by Gasteiger charge is 2.15. The second-order valence-electron chi connectivity index (χ2n) is 4.68. The number of carbonyl (C=O) groups is 2. The van der Waals surface area contributed by atoms with Crippen LogP contribution in [-0.2, 0) is 0 Å². The maximum atomic E-state index is 12.3. The number of hydrogen-bond donors (Lipinski definition) is 2. The Morgan fingerprint density at radius 1 is 1.23 bits per heavy atom. The van der Waals surface area contributed by atoms with Crippen molar-refractivity contribution in [3.05, 3.63) is 53.9 Å². The smallest absolute Gasteiger partial charge is 0.413 e. The lowest BCUT2D eigenvalue weighted by atomic mass is 10.1. The average molecular weight is 296 g/mol. The number of carbonyl (C=O) groups excluding carboxylic acids is 1. The Morgan fingerprint density at radius 2 is 2.05 bits per heavy atom. The number of rotatable bonds is 3. The molecule has 2 heterocycles. The Morgan fingerprint density at radius 3 is 2.73 bits per heavy atom. The van der Waals surface area contributed by atoms with Crippen LogP contribution in [0.5, 0.6) is 0 Å². The second-order valence-corrected chi connectivity index (χ2v) is 4.68. The molecule has 0 saturated carbocycles. The van der Waals surface area contributed by atoms with Crippen LogP contribution in [0.4, 0.5) is 10.7 Å². The Hall–Kier alpha value is -3.22. The molecular weight excluding hydrogens is 284 g/mol. The van der Waals surface area contributed by atoms with E-state index in [-0.39, 0.29) is 11.7 Å². The highest BCUT2D eigenvalue weighted by molar-refractivity contribution is 6.09. The topological polar surface area (TPSA) is 99.2 Å². The van der Waals surface area contributed by atoms with Crippen LogP contribution in [-0.4, -0.2) is 39.0 Å². The van der Waals surface area contributed by atoms with Crippen molar-refractivity contribution in [3.8, 4) is 0 Å². The number of carboxylic acid groups (broad SMARTS) is 1. The predicted molar refractivity (Wildman–Crippen MR) is 80.2 cm³/mol. The molecule has 0 aliphatic heterocycles. The van der Waals surface area contributed by atoms with Gasteiger partial charge in [-0.2, -0.15) is 0 Å². The van der Waals surface area contributed by atoms with Crippen molar-refractivity contribution in [1.29, 1.82) is 0 Å².